The molecule has 0 fully saturated rings. The summed E-state index contributed by atoms with van der Waals surface area (Å²) in [6, 6.07) is 13.8. The van der Waals surface area contributed by atoms with Crippen LogP contribution in [0.4, 0.5) is 10.5 Å². The maximum absolute atomic E-state index is 11.8. The highest BCUT2D eigenvalue weighted by atomic mass is 16.5. The molecule has 0 aliphatic carbocycles. The molecule has 0 aromatic heterocycles. The quantitative estimate of drug-likeness (QED) is 0.828. The van der Waals surface area contributed by atoms with Gasteiger partial charge in [0.15, 0.2) is 5.78 Å². The zero-order chi connectivity index (χ0) is 16.7. The molecule has 23 heavy (non-hydrogen) atoms. The van der Waals surface area contributed by atoms with Crippen LogP contribution in [0.2, 0.25) is 0 Å². The van der Waals surface area contributed by atoms with Crippen LogP contribution in [0.25, 0.3) is 6.08 Å². The molecule has 0 atom stereocenters. The summed E-state index contributed by atoms with van der Waals surface area (Å²) in [5, 5.41) is 5.28. The normalized spacial score (nSPS) is 10.3. The van der Waals surface area contributed by atoms with E-state index in [9.17, 15) is 9.59 Å². The lowest BCUT2D eigenvalue weighted by Gasteiger charge is -2.05. The molecule has 0 heterocycles. The molecular weight excluding hydrogens is 292 g/mol. The maximum atomic E-state index is 11.8. The first-order valence-electron chi connectivity index (χ1n) is 7.07. The summed E-state index contributed by atoms with van der Waals surface area (Å²) in [4.78, 5) is 23.1. The zero-order valence-corrected chi connectivity index (χ0v) is 13.0. The molecule has 2 amide bonds. The molecule has 0 bridgehead atoms. The first kappa shape index (κ1) is 16.3. The van der Waals surface area contributed by atoms with Crippen molar-refractivity contribution in [2.24, 2.45) is 0 Å². The molecular formula is C18H18N2O3. The van der Waals surface area contributed by atoms with Gasteiger partial charge in [0.25, 0.3) is 0 Å². The van der Waals surface area contributed by atoms with E-state index in [4.69, 9.17) is 4.74 Å². The summed E-state index contributed by atoms with van der Waals surface area (Å²) in [5.74, 6) is 0.728. The van der Waals surface area contributed by atoms with Gasteiger partial charge in [0, 0.05) is 17.5 Å². The maximum Gasteiger partial charge on any atom is 0.323 e. The molecule has 0 unspecified atom stereocenters. The summed E-state index contributed by atoms with van der Waals surface area (Å²) >= 11 is 0. The molecule has 2 rings (SSSR count). The van der Waals surface area contributed by atoms with E-state index in [-0.39, 0.29) is 11.8 Å². The smallest absolute Gasteiger partial charge is 0.323 e. The Morgan fingerprint density at radius 1 is 1.09 bits per heavy atom. The van der Waals surface area contributed by atoms with Crippen LogP contribution in [0.15, 0.2) is 54.7 Å². The number of ketones is 1. The van der Waals surface area contributed by atoms with Crippen molar-refractivity contribution in [1.82, 2.24) is 5.32 Å². The molecule has 2 aromatic rings. The Hall–Kier alpha value is -3.08. The van der Waals surface area contributed by atoms with Gasteiger partial charge in [0.2, 0.25) is 0 Å². The Morgan fingerprint density at radius 3 is 2.48 bits per heavy atom. The topological polar surface area (TPSA) is 67.4 Å². The third-order valence-electron chi connectivity index (χ3n) is 3.13. The first-order valence-corrected chi connectivity index (χ1v) is 7.07. The van der Waals surface area contributed by atoms with Crippen LogP contribution in [0.1, 0.15) is 22.8 Å². The van der Waals surface area contributed by atoms with Crippen molar-refractivity contribution in [3.05, 3.63) is 65.9 Å². The number of benzene rings is 2. The van der Waals surface area contributed by atoms with Crippen LogP contribution >= 0.6 is 0 Å². The Balaban J connectivity index is 1.90. The van der Waals surface area contributed by atoms with Gasteiger partial charge >= 0.3 is 6.03 Å². The molecule has 118 valence electrons. The zero-order valence-electron chi connectivity index (χ0n) is 13.0. The minimum absolute atomic E-state index is 0.0477. The van der Waals surface area contributed by atoms with Gasteiger partial charge in [-0.1, -0.05) is 24.3 Å². The highest BCUT2D eigenvalue weighted by molar-refractivity contribution is 5.96. The summed E-state index contributed by atoms with van der Waals surface area (Å²) < 4.78 is 5.08. The van der Waals surface area contributed by atoms with Gasteiger partial charge in [-0.05, 0) is 42.8 Å². The van der Waals surface area contributed by atoms with E-state index in [1.807, 2.05) is 24.3 Å². The van der Waals surface area contributed by atoms with E-state index in [0.717, 1.165) is 11.3 Å². The number of urea groups is 1. The number of hydrogen-bond donors (Lipinski definition) is 2. The second-order valence-corrected chi connectivity index (χ2v) is 4.84. The molecule has 5 heteroatoms. The second kappa shape index (κ2) is 7.79. The Bertz CT molecular complexity index is 721. The number of Topliss-reactive ketones (excluding diaryl/α,β-unsaturated/α-hetero) is 1. The minimum atomic E-state index is -0.379. The number of anilines is 1. The number of methoxy groups -OCH3 is 1. The van der Waals surface area contributed by atoms with Crippen molar-refractivity contribution >= 4 is 23.6 Å². The lowest BCUT2D eigenvalue weighted by atomic mass is 10.1. The van der Waals surface area contributed by atoms with Crippen molar-refractivity contribution in [2.75, 3.05) is 12.4 Å². The summed E-state index contributed by atoms with van der Waals surface area (Å²) in [6.07, 6.45) is 3.32. The molecule has 5 nitrogen and oxygen atoms in total. The first-order chi connectivity index (χ1) is 11.1. The number of rotatable bonds is 5. The number of carbonyl (C=O) groups excluding carboxylic acids is 2. The molecule has 0 saturated carbocycles. The minimum Gasteiger partial charge on any atom is -0.497 e. The van der Waals surface area contributed by atoms with Crippen LogP contribution in [-0.2, 0) is 0 Å². The standard InChI is InChI=1S/C18H18N2O3/c1-13(21)15-4-3-5-16(12-15)20-18(22)19-11-10-14-6-8-17(23-2)9-7-14/h3-12H,1-2H3,(H2,19,20,22)/b11-10+. The van der Waals surface area contributed by atoms with Gasteiger partial charge in [0.05, 0.1) is 7.11 Å². The van der Waals surface area contributed by atoms with Crippen LogP contribution < -0.4 is 15.4 Å². The average molecular weight is 310 g/mol. The fourth-order valence-electron chi connectivity index (χ4n) is 1.91. The van der Waals surface area contributed by atoms with E-state index in [1.54, 1.807) is 43.7 Å². The monoisotopic (exact) mass is 310 g/mol. The van der Waals surface area contributed by atoms with E-state index < -0.39 is 0 Å². The van der Waals surface area contributed by atoms with Crippen molar-refractivity contribution < 1.29 is 14.3 Å². The molecule has 2 N–H and O–H groups in total. The number of amides is 2. The number of nitrogens with one attached hydrogen (secondary N) is 2. The Morgan fingerprint density at radius 2 is 1.83 bits per heavy atom. The fraction of sp³-hybridized carbons (Fsp3) is 0.111. The predicted molar refractivity (Wildman–Crippen MR) is 90.6 cm³/mol. The van der Waals surface area contributed by atoms with Gasteiger partial charge in [-0.25, -0.2) is 4.79 Å². The molecule has 0 spiro atoms. The van der Waals surface area contributed by atoms with Crippen LogP contribution in [0, 0.1) is 0 Å². The fourth-order valence-corrected chi connectivity index (χ4v) is 1.91. The molecule has 0 saturated heterocycles. The molecule has 0 radical (unpaired) electrons. The third kappa shape index (κ3) is 5.00. The SMILES string of the molecule is COc1ccc(/C=C/NC(=O)Nc2cccc(C(C)=O)c2)cc1. The second-order valence-electron chi connectivity index (χ2n) is 4.84. The lowest BCUT2D eigenvalue weighted by Crippen LogP contribution is -2.23. The van der Waals surface area contributed by atoms with Crippen molar-refractivity contribution in [3.8, 4) is 5.75 Å². The number of ether oxygens (including phenoxy) is 1. The van der Waals surface area contributed by atoms with E-state index in [0.29, 0.717) is 11.3 Å². The van der Waals surface area contributed by atoms with Gasteiger partial charge < -0.3 is 15.4 Å². The largest absolute Gasteiger partial charge is 0.497 e. The van der Waals surface area contributed by atoms with Crippen LogP contribution in [-0.4, -0.2) is 18.9 Å². The summed E-state index contributed by atoms with van der Waals surface area (Å²) in [6.45, 7) is 1.48. The van der Waals surface area contributed by atoms with Crippen LogP contribution in [0.3, 0.4) is 0 Å². The number of carbonyl (C=O) groups is 2. The molecule has 0 aliphatic rings. The van der Waals surface area contributed by atoms with E-state index in [1.165, 1.54) is 6.92 Å². The predicted octanol–water partition coefficient (Wildman–Crippen LogP) is 3.69. The van der Waals surface area contributed by atoms with Crippen LogP contribution in [0.5, 0.6) is 5.75 Å². The van der Waals surface area contributed by atoms with Gasteiger partial charge in [-0.2, -0.15) is 0 Å². The van der Waals surface area contributed by atoms with Gasteiger partial charge in [0.1, 0.15) is 5.75 Å². The third-order valence-corrected chi connectivity index (χ3v) is 3.13. The highest BCUT2D eigenvalue weighted by Gasteiger charge is 2.03. The Kier molecular flexibility index (Phi) is 5.52. The lowest BCUT2D eigenvalue weighted by molar-refractivity contribution is 0.101. The molecule has 0 aliphatic heterocycles. The highest BCUT2D eigenvalue weighted by Crippen LogP contribution is 2.12. The van der Waals surface area contributed by atoms with Gasteiger partial charge in [-0.15, -0.1) is 0 Å². The van der Waals surface area contributed by atoms with E-state index >= 15 is 0 Å². The van der Waals surface area contributed by atoms with Gasteiger partial charge in [-0.3, -0.25) is 4.79 Å². The van der Waals surface area contributed by atoms with E-state index in [2.05, 4.69) is 10.6 Å². The van der Waals surface area contributed by atoms with Crippen molar-refractivity contribution in [2.45, 2.75) is 6.92 Å². The van der Waals surface area contributed by atoms with Crippen molar-refractivity contribution in [1.29, 1.82) is 0 Å². The molecule has 2 aromatic carbocycles. The Labute approximate surface area is 135 Å². The summed E-state index contributed by atoms with van der Waals surface area (Å²) in [7, 11) is 1.61. The summed E-state index contributed by atoms with van der Waals surface area (Å²) in [5.41, 5.74) is 2.05. The number of hydrogen-bond acceptors (Lipinski definition) is 3. The average Bonchev–Trinajstić information content (AvgIpc) is 2.55. The van der Waals surface area contributed by atoms with Crippen molar-refractivity contribution in [3.63, 3.8) is 0 Å².